The van der Waals surface area contributed by atoms with Gasteiger partial charge in [0.25, 0.3) is 0 Å². The molecular weight excluding hydrogens is 218 g/mol. The van der Waals surface area contributed by atoms with Crippen LogP contribution < -0.4 is 5.32 Å². The lowest BCUT2D eigenvalue weighted by atomic mass is 10.0. The summed E-state index contributed by atoms with van der Waals surface area (Å²) >= 11 is 0. The molecule has 1 rings (SSSR count). The maximum Gasteiger partial charge on any atom is 0.0205 e. The molecule has 0 saturated heterocycles. The SMILES string of the molecule is C#CCCCCNCc1ccc(CC(C)C)cc1. The molecular formula is C17H25N. The predicted octanol–water partition coefficient (Wildman–Crippen LogP) is 3.78. The third-order valence-corrected chi connectivity index (χ3v) is 2.92. The van der Waals surface area contributed by atoms with E-state index in [1.807, 2.05) is 0 Å². The molecule has 0 aliphatic heterocycles. The minimum absolute atomic E-state index is 0.727. The summed E-state index contributed by atoms with van der Waals surface area (Å²) in [6, 6.07) is 8.95. The van der Waals surface area contributed by atoms with Crippen LogP contribution in [0.3, 0.4) is 0 Å². The van der Waals surface area contributed by atoms with E-state index in [0.717, 1.165) is 38.3 Å². The Morgan fingerprint density at radius 2 is 1.78 bits per heavy atom. The molecule has 0 aliphatic rings. The van der Waals surface area contributed by atoms with Gasteiger partial charge in [-0.15, -0.1) is 12.3 Å². The van der Waals surface area contributed by atoms with Gasteiger partial charge >= 0.3 is 0 Å². The smallest absolute Gasteiger partial charge is 0.0205 e. The van der Waals surface area contributed by atoms with E-state index in [4.69, 9.17) is 6.42 Å². The molecule has 1 aromatic carbocycles. The third-order valence-electron chi connectivity index (χ3n) is 2.92. The van der Waals surface area contributed by atoms with E-state index in [9.17, 15) is 0 Å². The number of nitrogens with one attached hydrogen (secondary N) is 1. The number of hydrogen-bond donors (Lipinski definition) is 1. The Morgan fingerprint density at radius 1 is 1.11 bits per heavy atom. The molecule has 1 N–H and O–H groups in total. The van der Waals surface area contributed by atoms with Gasteiger partial charge < -0.3 is 5.32 Å². The van der Waals surface area contributed by atoms with Crippen molar-refractivity contribution in [3.05, 3.63) is 35.4 Å². The van der Waals surface area contributed by atoms with E-state index < -0.39 is 0 Å². The van der Waals surface area contributed by atoms with Crippen molar-refractivity contribution in [3.63, 3.8) is 0 Å². The summed E-state index contributed by atoms with van der Waals surface area (Å²) in [5.74, 6) is 3.40. The van der Waals surface area contributed by atoms with Crippen LogP contribution in [0.1, 0.15) is 44.2 Å². The quantitative estimate of drug-likeness (QED) is 0.541. The van der Waals surface area contributed by atoms with E-state index >= 15 is 0 Å². The van der Waals surface area contributed by atoms with Crippen LogP contribution in [0, 0.1) is 18.3 Å². The molecule has 0 saturated carbocycles. The lowest BCUT2D eigenvalue weighted by molar-refractivity contribution is 0.628. The van der Waals surface area contributed by atoms with Crippen molar-refractivity contribution >= 4 is 0 Å². The van der Waals surface area contributed by atoms with Crippen LogP contribution in [-0.4, -0.2) is 6.54 Å². The first kappa shape index (κ1) is 14.8. The van der Waals surface area contributed by atoms with Gasteiger partial charge in [0.1, 0.15) is 0 Å². The summed E-state index contributed by atoms with van der Waals surface area (Å²) < 4.78 is 0. The van der Waals surface area contributed by atoms with Crippen molar-refractivity contribution in [1.29, 1.82) is 0 Å². The van der Waals surface area contributed by atoms with Gasteiger partial charge in [-0.1, -0.05) is 38.1 Å². The zero-order chi connectivity index (χ0) is 13.2. The van der Waals surface area contributed by atoms with Crippen LogP contribution in [0.15, 0.2) is 24.3 Å². The summed E-state index contributed by atoms with van der Waals surface area (Å²) in [6.07, 6.45) is 9.56. The first-order valence-electron chi connectivity index (χ1n) is 6.94. The van der Waals surface area contributed by atoms with Crippen LogP contribution in [0.25, 0.3) is 0 Å². The zero-order valence-corrected chi connectivity index (χ0v) is 11.7. The Balaban J connectivity index is 2.21. The molecule has 0 aromatic heterocycles. The average molecular weight is 243 g/mol. The largest absolute Gasteiger partial charge is 0.313 e. The zero-order valence-electron chi connectivity index (χ0n) is 11.7. The maximum absolute atomic E-state index is 5.21. The molecule has 0 atom stereocenters. The highest BCUT2D eigenvalue weighted by atomic mass is 14.8. The van der Waals surface area contributed by atoms with Gasteiger partial charge in [-0.05, 0) is 42.9 Å². The van der Waals surface area contributed by atoms with Crippen molar-refractivity contribution < 1.29 is 0 Å². The fourth-order valence-corrected chi connectivity index (χ4v) is 1.97. The second kappa shape index (κ2) is 8.78. The molecule has 0 spiro atoms. The minimum atomic E-state index is 0.727. The molecule has 0 heterocycles. The molecule has 0 amide bonds. The van der Waals surface area contributed by atoms with Crippen LogP contribution in [0.2, 0.25) is 0 Å². The first-order chi connectivity index (χ1) is 8.72. The Morgan fingerprint density at radius 3 is 2.39 bits per heavy atom. The number of benzene rings is 1. The Labute approximate surface area is 112 Å². The summed E-state index contributed by atoms with van der Waals surface area (Å²) in [4.78, 5) is 0. The summed E-state index contributed by atoms with van der Waals surface area (Å²) in [5.41, 5.74) is 2.79. The lowest BCUT2D eigenvalue weighted by Gasteiger charge is -2.07. The number of hydrogen-bond acceptors (Lipinski definition) is 1. The second-order valence-electron chi connectivity index (χ2n) is 5.25. The highest BCUT2D eigenvalue weighted by Crippen LogP contribution is 2.09. The fourth-order valence-electron chi connectivity index (χ4n) is 1.97. The minimum Gasteiger partial charge on any atom is -0.313 e. The van der Waals surface area contributed by atoms with E-state index in [1.165, 1.54) is 17.5 Å². The molecule has 0 bridgehead atoms. The van der Waals surface area contributed by atoms with Gasteiger partial charge in [0.15, 0.2) is 0 Å². The van der Waals surface area contributed by atoms with Gasteiger partial charge in [0, 0.05) is 13.0 Å². The summed E-state index contributed by atoms with van der Waals surface area (Å²) in [6.45, 7) is 6.52. The van der Waals surface area contributed by atoms with Crippen molar-refractivity contribution in [2.45, 2.75) is 46.1 Å². The van der Waals surface area contributed by atoms with Crippen molar-refractivity contribution in [1.82, 2.24) is 5.32 Å². The van der Waals surface area contributed by atoms with Gasteiger partial charge in [0.05, 0.1) is 0 Å². The van der Waals surface area contributed by atoms with Crippen molar-refractivity contribution in [2.75, 3.05) is 6.54 Å². The fraction of sp³-hybridized carbons (Fsp3) is 0.529. The van der Waals surface area contributed by atoms with E-state index in [1.54, 1.807) is 0 Å². The van der Waals surface area contributed by atoms with Gasteiger partial charge in [0.2, 0.25) is 0 Å². The Kier molecular flexibility index (Phi) is 7.22. The average Bonchev–Trinajstić information content (AvgIpc) is 2.35. The molecule has 1 nitrogen and oxygen atoms in total. The lowest BCUT2D eigenvalue weighted by Crippen LogP contribution is -2.14. The standard InChI is InChI=1S/C17H25N/c1-4-5-6-7-12-18-14-17-10-8-16(9-11-17)13-15(2)3/h1,8-11,15,18H,5-7,12-14H2,2-3H3. The molecule has 0 aliphatic carbocycles. The molecule has 0 radical (unpaired) electrons. The van der Waals surface area contributed by atoms with Crippen LogP contribution >= 0.6 is 0 Å². The highest BCUT2D eigenvalue weighted by molar-refractivity contribution is 5.22. The monoisotopic (exact) mass is 243 g/mol. The summed E-state index contributed by atoms with van der Waals surface area (Å²) in [7, 11) is 0. The van der Waals surface area contributed by atoms with Crippen molar-refractivity contribution in [3.8, 4) is 12.3 Å². The predicted molar refractivity (Wildman–Crippen MR) is 79.4 cm³/mol. The molecule has 1 aromatic rings. The first-order valence-corrected chi connectivity index (χ1v) is 6.94. The molecule has 0 unspecified atom stereocenters. The summed E-state index contributed by atoms with van der Waals surface area (Å²) in [5, 5.41) is 3.45. The number of rotatable bonds is 8. The second-order valence-corrected chi connectivity index (χ2v) is 5.25. The Hall–Kier alpha value is -1.26. The molecule has 0 fully saturated rings. The molecule has 18 heavy (non-hydrogen) atoms. The molecule has 98 valence electrons. The van der Waals surface area contributed by atoms with Gasteiger partial charge in [-0.3, -0.25) is 0 Å². The van der Waals surface area contributed by atoms with Crippen LogP contribution in [0.4, 0.5) is 0 Å². The van der Waals surface area contributed by atoms with Crippen molar-refractivity contribution in [2.24, 2.45) is 5.92 Å². The Bertz CT molecular complexity index is 356. The third kappa shape index (κ3) is 6.47. The highest BCUT2D eigenvalue weighted by Gasteiger charge is 1.98. The number of unbranched alkanes of at least 4 members (excludes halogenated alkanes) is 2. The van der Waals surface area contributed by atoms with E-state index in [2.05, 4.69) is 49.4 Å². The normalized spacial score (nSPS) is 10.6. The van der Waals surface area contributed by atoms with E-state index in [-0.39, 0.29) is 0 Å². The van der Waals surface area contributed by atoms with Crippen LogP contribution in [-0.2, 0) is 13.0 Å². The maximum atomic E-state index is 5.21. The van der Waals surface area contributed by atoms with Crippen LogP contribution in [0.5, 0.6) is 0 Å². The van der Waals surface area contributed by atoms with Gasteiger partial charge in [-0.2, -0.15) is 0 Å². The molecule has 1 heteroatoms. The van der Waals surface area contributed by atoms with Gasteiger partial charge in [-0.25, -0.2) is 0 Å². The van der Waals surface area contributed by atoms with E-state index in [0.29, 0.717) is 0 Å². The number of terminal acetylenes is 1. The topological polar surface area (TPSA) is 12.0 Å².